The van der Waals surface area contributed by atoms with E-state index >= 15 is 0 Å². The van der Waals surface area contributed by atoms with Gasteiger partial charge in [-0.15, -0.1) is 5.10 Å². The van der Waals surface area contributed by atoms with Gasteiger partial charge in [-0.25, -0.2) is 4.98 Å². The molecular formula is C18H16ClN3O2S. The lowest BCUT2D eigenvalue weighted by molar-refractivity contribution is 0.171. The Morgan fingerprint density at radius 3 is 2.80 bits per heavy atom. The van der Waals surface area contributed by atoms with Crippen molar-refractivity contribution < 1.29 is 9.47 Å². The Morgan fingerprint density at radius 1 is 1.16 bits per heavy atom. The molecule has 2 aromatic carbocycles. The molecule has 7 heteroatoms. The summed E-state index contributed by atoms with van der Waals surface area (Å²) in [6.45, 7) is 3.13. The SMILES string of the molecule is Cc1ccc(-c2nc(SCc3cc(Cl)c4c(c3)OCCO4)n[nH]2)cc1. The standard InChI is InChI=1S/C18H16ClN3O2S/c1-11-2-4-13(5-3-11)17-20-18(22-21-17)25-10-12-8-14(19)16-15(9-12)23-6-7-24-16/h2-5,8-9H,6-7,10H2,1H3,(H,20,21,22). The summed E-state index contributed by atoms with van der Waals surface area (Å²) in [6.07, 6.45) is 0. The average molecular weight is 374 g/mol. The minimum absolute atomic E-state index is 0.528. The fourth-order valence-corrected chi connectivity index (χ4v) is 3.56. The van der Waals surface area contributed by atoms with Gasteiger partial charge in [0.05, 0.1) is 5.02 Å². The van der Waals surface area contributed by atoms with Crippen LogP contribution < -0.4 is 9.47 Å². The monoisotopic (exact) mass is 373 g/mol. The Bertz CT molecular complexity index is 896. The molecule has 0 spiro atoms. The van der Waals surface area contributed by atoms with Gasteiger partial charge >= 0.3 is 0 Å². The molecule has 25 heavy (non-hydrogen) atoms. The van der Waals surface area contributed by atoms with Gasteiger partial charge < -0.3 is 9.47 Å². The van der Waals surface area contributed by atoms with Crippen LogP contribution >= 0.6 is 23.4 Å². The van der Waals surface area contributed by atoms with Crippen LogP contribution in [-0.2, 0) is 5.75 Å². The maximum Gasteiger partial charge on any atom is 0.209 e. The third-order valence-electron chi connectivity index (χ3n) is 3.81. The summed E-state index contributed by atoms with van der Waals surface area (Å²) < 4.78 is 11.2. The molecule has 1 aliphatic rings. The molecule has 3 aromatic rings. The van der Waals surface area contributed by atoms with Crippen LogP contribution in [0.2, 0.25) is 5.02 Å². The Morgan fingerprint density at radius 2 is 1.96 bits per heavy atom. The van der Waals surface area contributed by atoms with E-state index in [1.165, 1.54) is 5.56 Å². The number of H-pyrrole nitrogens is 1. The largest absolute Gasteiger partial charge is 0.486 e. The molecule has 4 rings (SSSR count). The van der Waals surface area contributed by atoms with E-state index in [0.717, 1.165) is 17.0 Å². The number of ether oxygens (including phenoxy) is 2. The quantitative estimate of drug-likeness (QED) is 0.682. The van der Waals surface area contributed by atoms with Crippen molar-refractivity contribution in [1.82, 2.24) is 15.2 Å². The molecule has 0 unspecified atom stereocenters. The van der Waals surface area contributed by atoms with E-state index in [1.807, 2.05) is 24.3 Å². The summed E-state index contributed by atoms with van der Waals surface area (Å²) in [6, 6.07) is 12.0. The fraction of sp³-hybridized carbons (Fsp3) is 0.222. The molecule has 5 nitrogen and oxygen atoms in total. The van der Waals surface area contributed by atoms with Crippen LogP contribution in [0, 0.1) is 6.92 Å². The normalized spacial score (nSPS) is 13.0. The Labute approximate surface area is 154 Å². The summed E-state index contributed by atoms with van der Waals surface area (Å²) in [7, 11) is 0. The van der Waals surface area contributed by atoms with E-state index in [4.69, 9.17) is 21.1 Å². The molecule has 128 valence electrons. The predicted octanol–water partition coefficient (Wildman–Crippen LogP) is 4.50. The van der Waals surface area contributed by atoms with E-state index < -0.39 is 0 Å². The molecule has 1 N–H and O–H groups in total. The number of aromatic amines is 1. The zero-order valence-corrected chi connectivity index (χ0v) is 15.2. The summed E-state index contributed by atoms with van der Waals surface area (Å²) >= 11 is 7.82. The highest BCUT2D eigenvalue weighted by molar-refractivity contribution is 7.98. The number of hydrogen-bond acceptors (Lipinski definition) is 5. The molecule has 2 heterocycles. The number of aromatic nitrogens is 3. The van der Waals surface area contributed by atoms with Crippen molar-refractivity contribution in [2.24, 2.45) is 0 Å². The van der Waals surface area contributed by atoms with Crippen molar-refractivity contribution in [3.8, 4) is 22.9 Å². The first-order valence-corrected chi connectivity index (χ1v) is 9.25. The van der Waals surface area contributed by atoms with Crippen molar-refractivity contribution in [3.63, 3.8) is 0 Å². The zero-order chi connectivity index (χ0) is 17.2. The van der Waals surface area contributed by atoms with E-state index in [1.54, 1.807) is 11.8 Å². The van der Waals surface area contributed by atoms with Gasteiger partial charge in [0, 0.05) is 11.3 Å². The average Bonchev–Trinajstić information content (AvgIpc) is 3.10. The Balaban J connectivity index is 1.47. The molecule has 0 aliphatic carbocycles. The van der Waals surface area contributed by atoms with Gasteiger partial charge in [0.25, 0.3) is 0 Å². The number of nitrogens with zero attached hydrogens (tertiary/aromatic N) is 2. The van der Waals surface area contributed by atoms with Gasteiger partial charge in [0.1, 0.15) is 13.2 Å². The van der Waals surface area contributed by atoms with Gasteiger partial charge in [-0.1, -0.05) is 53.2 Å². The molecule has 1 aromatic heterocycles. The third-order valence-corrected chi connectivity index (χ3v) is 5.01. The molecule has 1 aliphatic heterocycles. The number of fused-ring (bicyclic) bond motifs is 1. The lowest BCUT2D eigenvalue weighted by Crippen LogP contribution is -2.15. The van der Waals surface area contributed by atoms with E-state index in [2.05, 4.69) is 34.2 Å². The minimum Gasteiger partial charge on any atom is -0.486 e. The summed E-state index contributed by atoms with van der Waals surface area (Å²) in [5, 5.41) is 8.53. The highest BCUT2D eigenvalue weighted by atomic mass is 35.5. The van der Waals surface area contributed by atoms with E-state index in [9.17, 15) is 0 Å². The van der Waals surface area contributed by atoms with Crippen LogP contribution in [0.1, 0.15) is 11.1 Å². The maximum atomic E-state index is 6.27. The van der Waals surface area contributed by atoms with Crippen molar-refractivity contribution in [3.05, 3.63) is 52.5 Å². The lowest BCUT2D eigenvalue weighted by atomic mass is 10.1. The summed E-state index contributed by atoms with van der Waals surface area (Å²) in [5.74, 6) is 2.79. The first kappa shape index (κ1) is 16.3. The Kier molecular flexibility index (Phi) is 4.55. The first-order valence-electron chi connectivity index (χ1n) is 7.89. The first-order chi connectivity index (χ1) is 12.2. The number of halogens is 1. The number of thioether (sulfide) groups is 1. The van der Waals surface area contributed by atoms with Crippen molar-refractivity contribution >= 4 is 23.4 Å². The number of nitrogens with one attached hydrogen (secondary N) is 1. The third kappa shape index (κ3) is 3.60. The fourth-order valence-electron chi connectivity index (χ4n) is 2.55. The molecule has 0 atom stereocenters. The molecule has 0 radical (unpaired) electrons. The van der Waals surface area contributed by atoms with Gasteiger partial charge in [-0.2, -0.15) is 0 Å². The van der Waals surface area contributed by atoms with Gasteiger partial charge in [0.2, 0.25) is 5.16 Å². The van der Waals surface area contributed by atoms with Crippen LogP contribution in [0.25, 0.3) is 11.4 Å². The maximum absolute atomic E-state index is 6.27. The highest BCUT2D eigenvalue weighted by Crippen LogP contribution is 2.39. The number of benzene rings is 2. The van der Waals surface area contributed by atoms with E-state index in [0.29, 0.717) is 40.6 Å². The second-order valence-corrected chi connectivity index (χ2v) is 7.07. The number of rotatable bonds is 4. The van der Waals surface area contributed by atoms with Crippen LogP contribution in [0.15, 0.2) is 41.6 Å². The molecule has 0 bridgehead atoms. The second-order valence-electron chi connectivity index (χ2n) is 5.72. The molecule has 0 fully saturated rings. The van der Waals surface area contributed by atoms with E-state index in [-0.39, 0.29) is 0 Å². The van der Waals surface area contributed by atoms with Crippen LogP contribution in [-0.4, -0.2) is 28.4 Å². The second kappa shape index (κ2) is 6.98. The van der Waals surface area contributed by atoms with Crippen LogP contribution in [0.3, 0.4) is 0 Å². The number of aryl methyl sites for hydroxylation is 1. The summed E-state index contributed by atoms with van der Waals surface area (Å²) in [4.78, 5) is 4.54. The summed E-state index contributed by atoms with van der Waals surface area (Å²) in [5.41, 5.74) is 3.28. The van der Waals surface area contributed by atoms with Crippen molar-refractivity contribution in [1.29, 1.82) is 0 Å². The van der Waals surface area contributed by atoms with Gasteiger partial charge in [0.15, 0.2) is 17.3 Å². The minimum atomic E-state index is 0.528. The van der Waals surface area contributed by atoms with Gasteiger partial charge in [-0.05, 0) is 24.6 Å². The van der Waals surface area contributed by atoms with Crippen LogP contribution in [0.5, 0.6) is 11.5 Å². The zero-order valence-electron chi connectivity index (χ0n) is 13.6. The molecule has 0 saturated heterocycles. The van der Waals surface area contributed by atoms with Crippen molar-refractivity contribution in [2.45, 2.75) is 17.8 Å². The highest BCUT2D eigenvalue weighted by Gasteiger charge is 2.17. The topological polar surface area (TPSA) is 60.0 Å². The van der Waals surface area contributed by atoms with Gasteiger partial charge in [-0.3, -0.25) is 5.10 Å². The van der Waals surface area contributed by atoms with Crippen molar-refractivity contribution in [2.75, 3.05) is 13.2 Å². The lowest BCUT2D eigenvalue weighted by Gasteiger charge is -2.20. The molecular weight excluding hydrogens is 358 g/mol. The predicted molar refractivity (Wildman–Crippen MR) is 98.6 cm³/mol. The van der Waals surface area contributed by atoms with Crippen LogP contribution in [0.4, 0.5) is 0 Å². The Hall–Kier alpha value is -2.18. The smallest absolute Gasteiger partial charge is 0.209 e. The molecule has 0 saturated carbocycles. The molecule has 0 amide bonds. The number of hydrogen-bond donors (Lipinski definition) is 1.